The van der Waals surface area contributed by atoms with Crippen LogP contribution in [-0.2, 0) is 13.6 Å². The van der Waals surface area contributed by atoms with Crippen LogP contribution in [0.4, 0.5) is 5.82 Å². The van der Waals surface area contributed by atoms with Crippen LogP contribution in [0.2, 0.25) is 0 Å². The van der Waals surface area contributed by atoms with Crippen molar-refractivity contribution in [1.29, 1.82) is 0 Å². The molecule has 3 heterocycles. The summed E-state index contributed by atoms with van der Waals surface area (Å²) in [7, 11) is 1.96. The zero-order chi connectivity index (χ0) is 19.7. The minimum atomic E-state index is -0.218. The number of hydrogen-bond acceptors (Lipinski definition) is 4. The molecule has 28 heavy (non-hydrogen) atoms. The lowest BCUT2D eigenvalue weighted by Crippen LogP contribution is -2.12. The van der Waals surface area contributed by atoms with Crippen molar-refractivity contribution in [1.82, 2.24) is 24.3 Å². The lowest BCUT2D eigenvalue weighted by molar-refractivity contribution is 0.102. The van der Waals surface area contributed by atoms with Crippen molar-refractivity contribution in [3.05, 3.63) is 60.9 Å². The number of fused-ring (bicyclic) bond motifs is 1. The van der Waals surface area contributed by atoms with E-state index in [0.717, 1.165) is 28.6 Å². The van der Waals surface area contributed by atoms with Gasteiger partial charge in [-0.15, -0.1) is 0 Å². The Hall–Kier alpha value is -3.48. The molecule has 0 spiro atoms. The Morgan fingerprint density at radius 2 is 2.00 bits per heavy atom. The molecule has 0 unspecified atom stereocenters. The highest BCUT2D eigenvalue weighted by Gasteiger charge is 2.11. The van der Waals surface area contributed by atoms with E-state index in [9.17, 15) is 4.79 Å². The monoisotopic (exact) mass is 374 g/mol. The Labute approximate surface area is 163 Å². The minimum absolute atomic E-state index is 0.218. The molecule has 0 atom stereocenters. The Kier molecular flexibility index (Phi) is 4.65. The predicted octanol–water partition coefficient (Wildman–Crippen LogP) is 3.74. The number of carbonyl (C=O) groups is 1. The van der Waals surface area contributed by atoms with Crippen molar-refractivity contribution in [2.45, 2.75) is 20.4 Å². The standard InChI is InChI=1S/C21H22N6O/c1-14(2)11-27-12-18(9-24-27)21(28)25-20-7-17-6-15(4-5-16(17)8-23-20)19-10-22-13-26(19)3/h4-10,12-14H,11H2,1-3H3,(H,23,25,28). The van der Waals surface area contributed by atoms with Crippen molar-refractivity contribution >= 4 is 22.5 Å². The highest BCUT2D eigenvalue weighted by molar-refractivity contribution is 6.04. The molecule has 0 aliphatic carbocycles. The van der Waals surface area contributed by atoms with Gasteiger partial charge in [-0.2, -0.15) is 5.10 Å². The van der Waals surface area contributed by atoms with E-state index >= 15 is 0 Å². The first-order chi connectivity index (χ1) is 13.5. The molecule has 0 saturated carbocycles. The molecule has 4 rings (SSSR count). The molecule has 0 radical (unpaired) electrons. The molecule has 0 aliphatic heterocycles. The van der Waals surface area contributed by atoms with Gasteiger partial charge < -0.3 is 9.88 Å². The van der Waals surface area contributed by atoms with Crippen molar-refractivity contribution in [2.75, 3.05) is 5.32 Å². The van der Waals surface area contributed by atoms with Crippen LogP contribution in [0.3, 0.4) is 0 Å². The van der Waals surface area contributed by atoms with Gasteiger partial charge in [-0.05, 0) is 23.4 Å². The first-order valence-corrected chi connectivity index (χ1v) is 9.20. The fourth-order valence-electron chi connectivity index (χ4n) is 3.15. The van der Waals surface area contributed by atoms with Crippen LogP contribution in [0.5, 0.6) is 0 Å². The predicted molar refractivity (Wildman–Crippen MR) is 109 cm³/mol. The number of pyridine rings is 1. The SMILES string of the molecule is CC(C)Cn1cc(C(=O)Nc2cc3cc(-c4cncn4C)ccc3cn2)cn1. The van der Waals surface area contributed by atoms with E-state index in [0.29, 0.717) is 17.3 Å². The highest BCUT2D eigenvalue weighted by Crippen LogP contribution is 2.25. The van der Waals surface area contributed by atoms with Crippen LogP contribution in [0.25, 0.3) is 22.0 Å². The number of nitrogens with zero attached hydrogens (tertiary/aromatic N) is 5. The summed E-state index contributed by atoms with van der Waals surface area (Å²) < 4.78 is 3.76. The number of benzene rings is 1. The van der Waals surface area contributed by atoms with Crippen LogP contribution in [-0.4, -0.2) is 30.2 Å². The van der Waals surface area contributed by atoms with Gasteiger partial charge >= 0.3 is 0 Å². The number of nitrogens with one attached hydrogen (secondary N) is 1. The fraction of sp³-hybridized carbons (Fsp3) is 0.238. The largest absolute Gasteiger partial charge is 0.334 e. The van der Waals surface area contributed by atoms with Gasteiger partial charge in [-0.3, -0.25) is 9.48 Å². The lowest BCUT2D eigenvalue weighted by Gasteiger charge is -2.07. The maximum atomic E-state index is 12.5. The van der Waals surface area contributed by atoms with Crippen LogP contribution >= 0.6 is 0 Å². The molecule has 1 aromatic carbocycles. The van der Waals surface area contributed by atoms with Gasteiger partial charge in [-0.1, -0.05) is 26.0 Å². The second-order valence-corrected chi connectivity index (χ2v) is 7.32. The Bertz CT molecular complexity index is 1140. The molecular formula is C21H22N6O. The molecule has 0 saturated heterocycles. The topological polar surface area (TPSA) is 77.6 Å². The van der Waals surface area contributed by atoms with Crippen LogP contribution in [0, 0.1) is 5.92 Å². The first kappa shape index (κ1) is 17.9. The third-order valence-electron chi connectivity index (χ3n) is 4.52. The number of imidazole rings is 1. The summed E-state index contributed by atoms with van der Waals surface area (Å²) in [6.07, 6.45) is 8.72. The first-order valence-electron chi connectivity index (χ1n) is 9.20. The Morgan fingerprint density at radius 3 is 2.75 bits per heavy atom. The van der Waals surface area contributed by atoms with E-state index in [1.807, 2.05) is 36.0 Å². The summed E-state index contributed by atoms with van der Waals surface area (Å²) in [5, 5.41) is 9.11. The number of rotatable bonds is 5. The molecule has 7 nitrogen and oxygen atoms in total. The van der Waals surface area contributed by atoms with Crippen molar-refractivity contribution < 1.29 is 4.79 Å². The number of aryl methyl sites for hydroxylation is 1. The summed E-state index contributed by atoms with van der Waals surface area (Å²) in [4.78, 5) is 21.1. The average Bonchev–Trinajstić information content (AvgIpc) is 3.29. The van der Waals surface area contributed by atoms with Gasteiger partial charge in [-0.25, -0.2) is 9.97 Å². The number of aromatic nitrogens is 5. The molecule has 7 heteroatoms. The molecule has 1 N–H and O–H groups in total. The second kappa shape index (κ2) is 7.26. The third kappa shape index (κ3) is 3.64. The molecule has 0 bridgehead atoms. The maximum Gasteiger partial charge on any atom is 0.260 e. The van der Waals surface area contributed by atoms with E-state index < -0.39 is 0 Å². The van der Waals surface area contributed by atoms with Gasteiger partial charge in [0.05, 0.1) is 30.0 Å². The Morgan fingerprint density at radius 1 is 1.14 bits per heavy atom. The number of hydrogen-bond donors (Lipinski definition) is 1. The summed E-state index contributed by atoms with van der Waals surface area (Å²) >= 11 is 0. The van der Waals surface area contributed by atoms with Gasteiger partial charge in [0.1, 0.15) is 5.82 Å². The van der Waals surface area contributed by atoms with E-state index in [1.165, 1.54) is 0 Å². The third-order valence-corrected chi connectivity index (χ3v) is 4.52. The van der Waals surface area contributed by atoms with Gasteiger partial charge in [0.25, 0.3) is 5.91 Å². The normalized spacial score (nSPS) is 11.3. The van der Waals surface area contributed by atoms with E-state index in [1.54, 1.807) is 29.6 Å². The van der Waals surface area contributed by atoms with Crippen LogP contribution < -0.4 is 5.32 Å². The summed E-state index contributed by atoms with van der Waals surface area (Å²) in [6, 6.07) is 8.02. The van der Waals surface area contributed by atoms with Crippen LogP contribution in [0.15, 0.2) is 55.4 Å². The van der Waals surface area contributed by atoms with Crippen LogP contribution in [0.1, 0.15) is 24.2 Å². The van der Waals surface area contributed by atoms with Gasteiger partial charge in [0.15, 0.2) is 0 Å². The van der Waals surface area contributed by atoms with E-state index in [4.69, 9.17) is 0 Å². The molecule has 1 amide bonds. The lowest BCUT2D eigenvalue weighted by atomic mass is 10.1. The minimum Gasteiger partial charge on any atom is -0.334 e. The smallest absolute Gasteiger partial charge is 0.260 e. The second-order valence-electron chi connectivity index (χ2n) is 7.32. The zero-order valence-corrected chi connectivity index (χ0v) is 16.1. The van der Waals surface area contributed by atoms with Gasteiger partial charge in [0, 0.05) is 36.9 Å². The highest BCUT2D eigenvalue weighted by atomic mass is 16.1. The molecule has 3 aromatic heterocycles. The van der Waals surface area contributed by atoms with Crippen molar-refractivity contribution in [3.8, 4) is 11.3 Å². The zero-order valence-electron chi connectivity index (χ0n) is 16.1. The average molecular weight is 374 g/mol. The summed E-state index contributed by atoms with van der Waals surface area (Å²) in [5.41, 5.74) is 2.61. The maximum absolute atomic E-state index is 12.5. The molecular weight excluding hydrogens is 352 g/mol. The number of amides is 1. The van der Waals surface area contributed by atoms with Gasteiger partial charge in [0.2, 0.25) is 0 Å². The molecule has 0 aliphatic rings. The Balaban J connectivity index is 1.57. The number of anilines is 1. The molecule has 142 valence electrons. The van der Waals surface area contributed by atoms with E-state index in [2.05, 4.69) is 40.3 Å². The molecule has 4 aromatic rings. The van der Waals surface area contributed by atoms with Crippen molar-refractivity contribution in [3.63, 3.8) is 0 Å². The fourth-order valence-corrected chi connectivity index (χ4v) is 3.15. The summed E-state index contributed by atoms with van der Waals surface area (Å²) in [5.74, 6) is 0.757. The quantitative estimate of drug-likeness (QED) is 0.577. The number of carbonyl (C=O) groups excluding carboxylic acids is 1. The molecule has 0 fully saturated rings. The van der Waals surface area contributed by atoms with Crippen molar-refractivity contribution in [2.24, 2.45) is 13.0 Å². The van der Waals surface area contributed by atoms with E-state index in [-0.39, 0.29) is 5.91 Å². The summed E-state index contributed by atoms with van der Waals surface area (Å²) in [6.45, 7) is 5.00.